The maximum Gasteiger partial charge on any atom is 0.230 e. The molecule has 2 aromatic carbocycles. The Morgan fingerprint density at radius 1 is 1.04 bits per heavy atom. The van der Waals surface area contributed by atoms with Gasteiger partial charge in [0.05, 0.1) is 12.3 Å². The number of carbonyl (C=O) groups is 1. The molecule has 0 saturated carbocycles. The Hall–Kier alpha value is -1.94. The second kappa shape index (κ2) is 10.8. The number of ether oxygens (including phenoxy) is 1. The van der Waals surface area contributed by atoms with Crippen LogP contribution in [0.25, 0.3) is 0 Å². The number of nitrogens with one attached hydrogen (secondary N) is 1. The summed E-state index contributed by atoms with van der Waals surface area (Å²) in [6.45, 7) is 5.26. The van der Waals surface area contributed by atoms with Crippen LogP contribution in [0.5, 0.6) is 5.75 Å². The van der Waals surface area contributed by atoms with E-state index in [9.17, 15) is 4.79 Å². The highest BCUT2D eigenvalue weighted by molar-refractivity contribution is 7.99. The molecular formula is C21H27NO2S. The maximum absolute atomic E-state index is 11.8. The van der Waals surface area contributed by atoms with E-state index in [1.165, 1.54) is 16.7 Å². The lowest BCUT2D eigenvalue weighted by atomic mass is 10.1. The van der Waals surface area contributed by atoms with E-state index < -0.39 is 0 Å². The minimum Gasteiger partial charge on any atom is -0.492 e. The summed E-state index contributed by atoms with van der Waals surface area (Å²) in [4.78, 5) is 11.8. The van der Waals surface area contributed by atoms with Crippen LogP contribution in [0.1, 0.15) is 30.0 Å². The largest absolute Gasteiger partial charge is 0.492 e. The van der Waals surface area contributed by atoms with Gasteiger partial charge < -0.3 is 10.1 Å². The van der Waals surface area contributed by atoms with Crippen molar-refractivity contribution < 1.29 is 9.53 Å². The molecule has 134 valence electrons. The molecule has 0 saturated heterocycles. The predicted molar refractivity (Wildman–Crippen MR) is 106 cm³/mol. The summed E-state index contributed by atoms with van der Waals surface area (Å²) in [5, 5.41) is 2.90. The number of thioether (sulfide) groups is 1. The van der Waals surface area contributed by atoms with Crippen molar-refractivity contribution in [1.82, 2.24) is 5.32 Å². The third-order valence-corrected chi connectivity index (χ3v) is 4.78. The molecular weight excluding hydrogens is 330 g/mol. The normalized spacial score (nSPS) is 10.5. The molecule has 1 amide bonds. The van der Waals surface area contributed by atoms with Crippen LogP contribution in [0.3, 0.4) is 0 Å². The van der Waals surface area contributed by atoms with Crippen molar-refractivity contribution in [3.8, 4) is 5.75 Å². The molecule has 0 aliphatic carbocycles. The number of hydrogen-bond donors (Lipinski definition) is 1. The molecule has 2 rings (SSSR count). The number of amides is 1. The fourth-order valence-electron chi connectivity index (χ4n) is 2.40. The zero-order valence-electron chi connectivity index (χ0n) is 15.1. The highest BCUT2D eigenvalue weighted by Crippen LogP contribution is 2.14. The van der Waals surface area contributed by atoms with Crippen molar-refractivity contribution >= 4 is 17.7 Å². The summed E-state index contributed by atoms with van der Waals surface area (Å²) < 4.78 is 5.65. The Balaban J connectivity index is 1.56. The average Bonchev–Trinajstić information content (AvgIpc) is 2.62. The van der Waals surface area contributed by atoms with Gasteiger partial charge in [-0.05, 0) is 36.6 Å². The first-order valence-corrected chi connectivity index (χ1v) is 9.94. The molecule has 0 atom stereocenters. The summed E-state index contributed by atoms with van der Waals surface area (Å²) >= 11 is 1.63. The van der Waals surface area contributed by atoms with Gasteiger partial charge in [0.15, 0.2) is 0 Å². The van der Waals surface area contributed by atoms with E-state index in [0.29, 0.717) is 18.9 Å². The summed E-state index contributed by atoms with van der Waals surface area (Å²) in [6, 6.07) is 16.6. The SMILES string of the molecule is CCCc1ccc(OCCNC(=O)CSCc2ccc(C)cc2)cc1. The highest BCUT2D eigenvalue weighted by atomic mass is 32.2. The van der Waals surface area contributed by atoms with Gasteiger partial charge >= 0.3 is 0 Å². The minimum atomic E-state index is 0.0546. The zero-order valence-corrected chi connectivity index (χ0v) is 15.9. The first kappa shape index (κ1) is 19.4. The minimum absolute atomic E-state index is 0.0546. The Labute approximate surface area is 155 Å². The lowest BCUT2D eigenvalue weighted by molar-refractivity contribution is -0.118. The zero-order chi connectivity index (χ0) is 17.9. The number of benzene rings is 2. The van der Waals surface area contributed by atoms with E-state index in [-0.39, 0.29) is 5.91 Å². The molecule has 0 heterocycles. The highest BCUT2D eigenvalue weighted by Gasteiger charge is 2.02. The smallest absolute Gasteiger partial charge is 0.230 e. The van der Waals surface area contributed by atoms with Gasteiger partial charge in [0.1, 0.15) is 12.4 Å². The van der Waals surface area contributed by atoms with Gasteiger partial charge in [-0.15, -0.1) is 11.8 Å². The van der Waals surface area contributed by atoms with Crippen LogP contribution in [0.15, 0.2) is 48.5 Å². The van der Waals surface area contributed by atoms with Crippen LogP contribution in [0.4, 0.5) is 0 Å². The first-order chi connectivity index (χ1) is 12.2. The Morgan fingerprint density at radius 3 is 2.40 bits per heavy atom. The van der Waals surface area contributed by atoms with Gasteiger partial charge in [0.2, 0.25) is 5.91 Å². The van der Waals surface area contributed by atoms with Crippen LogP contribution in [0.2, 0.25) is 0 Å². The lowest BCUT2D eigenvalue weighted by Gasteiger charge is -2.08. The van der Waals surface area contributed by atoms with Crippen LogP contribution >= 0.6 is 11.8 Å². The van der Waals surface area contributed by atoms with Crippen LogP contribution < -0.4 is 10.1 Å². The molecule has 0 aliphatic heterocycles. The summed E-state index contributed by atoms with van der Waals surface area (Å²) in [7, 11) is 0. The third kappa shape index (κ3) is 7.65. The van der Waals surface area contributed by atoms with E-state index in [1.807, 2.05) is 12.1 Å². The van der Waals surface area contributed by atoms with Crippen molar-refractivity contribution in [2.45, 2.75) is 32.4 Å². The molecule has 0 unspecified atom stereocenters. The first-order valence-electron chi connectivity index (χ1n) is 8.79. The molecule has 0 aliphatic rings. The molecule has 25 heavy (non-hydrogen) atoms. The fourth-order valence-corrected chi connectivity index (χ4v) is 3.21. The van der Waals surface area contributed by atoms with E-state index in [0.717, 1.165) is 24.3 Å². The third-order valence-electron chi connectivity index (χ3n) is 3.78. The Kier molecular flexibility index (Phi) is 8.40. The summed E-state index contributed by atoms with van der Waals surface area (Å²) in [6.07, 6.45) is 2.24. The van der Waals surface area contributed by atoms with Gasteiger partial charge in [0, 0.05) is 5.75 Å². The molecule has 0 fully saturated rings. The van der Waals surface area contributed by atoms with E-state index >= 15 is 0 Å². The Morgan fingerprint density at radius 2 is 1.72 bits per heavy atom. The molecule has 2 aromatic rings. The molecule has 1 N–H and O–H groups in total. The van der Waals surface area contributed by atoms with Gasteiger partial charge in [-0.3, -0.25) is 4.79 Å². The van der Waals surface area contributed by atoms with E-state index in [1.54, 1.807) is 11.8 Å². The second-order valence-electron chi connectivity index (χ2n) is 6.07. The van der Waals surface area contributed by atoms with Crippen molar-refractivity contribution in [2.75, 3.05) is 18.9 Å². The maximum atomic E-state index is 11.8. The molecule has 4 heteroatoms. The average molecular weight is 358 g/mol. The van der Waals surface area contributed by atoms with Crippen molar-refractivity contribution in [3.63, 3.8) is 0 Å². The van der Waals surface area contributed by atoms with Crippen molar-refractivity contribution in [1.29, 1.82) is 0 Å². The number of hydrogen-bond acceptors (Lipinski definition) is 3. The lowest BCUT2D eigenvalue weighted by Crippen LogP contribution is -2.29. The van der Waals surface area contributed by atoms with Gasteiger partial charge in [-0.1, -0.05) is 55.3 Å². The number of carbonyl (C=O) groups excluding carboxylic acids is 1. The monoisotopic (exact) mass is 357 g/mol. The van der Waals surface area contributed by atoms with Crippen molar-refractivity contribution in [3.05, 3.63) is 65.2 Å². The van der Waals surface area contributed by atoms with Gasteiger partial charge in [-0.2, -0.15) is 0 Å². The molecule has 0 bridgehead atoms. The van der Waals surface area contributed by atoms with E-state index in [4.69, 9.17) is 4.74 Å². The van der Waals surface area contributed by atoms with Gasteiger partial charge in [0.25, 0.3) is 0 Å². The van der Waals surface area contributed by atoms with Gasteiger partial charge in [-0.25, -0.2) is 0 Å². The second-order valence-corrected chi connectivity index (χ2v) is 7.06. The standard InChI is InChI=1S/C21H27NO2S/c1-3-4-18-9-11-20(12-10-18)24-14-13-22-21(23)16-25-15-19-7-5-17(2)6-8-19/h5-12H,3-4,13-16H2,1-2H3,(H,22,23). The number of aryl methyl sites for hydroxylation is 2. The number of rotatable bonds is 10. The van der Waals surface area contributed by atoms with Crippen LogP contribution in [0, 0.1) is 6.92 Å². The molecule has 0 spiro atoms. The quantitative estimate of drug-likeness (QED) is 0.642. The van der Waals surface area contributed by atoms with Crippen LogP contribution in [-0.2, 0) is 17.0 Å². The van der Waals surface area contributed by atoms with E-state index in [2.05, 4.69) is 55.6 Å². The molecule has 3 nitrogen and oxygen atoms in total. The predicted octanol–water partition coefficient (Wildman–Crippen LogP) is 4.38. The van der Waals surface area contributed by atoms with Crippen LogP contribution in [-0.4, -0.2) is 24.8 Å². The summed E-state index contributed by atoms with van der Waals surface area (Å²) in [5.74, 6) is 2.23. The molecule has 0 aromatic heterocycles. The fraction of sp³-hybridized carbons (Fsp3) is 0.381. The van der Waals surface area contributed by atoms with Crippen molar-refractivity contribution in [2.24, 2.45) is 0 Å². The summed E-state index contributed by atoms with van der Waals surface area (Å²) in [5.41, 5.74) is 3.83. The molecule has 0 radical (unpaired) electrons. The Bertz CT molecular complexity index is 638. The topological polar surface area (TPSA) is 38.3 Å².